The van der Waals surface area contributed by atoms with E-state index >= 15 is 0 Å². The van der Waals surface area contributed by atoms with E-state index in [0.29, 0.717) is 12.8 Å². The SMILES string of the molecule is O=C1C[C@H]2C[C@@H]1[C@](F)(C(=O)OCc1ccccc1)C2. The van der Waals surface area contributed by atoms with Crippen molar-refractivity contribution in [2.24, 2.45) is 11.8 Å². The molecule has 0 unspecified atom stereocenters. The number of ether oxygens (including phenoxy) is 1. The molecule has 0 spiro atoms. The first-order valence-corrected chi connectivity index (χ1v) is 6.52. The third-order valence-corrected chi connectivity index (χ3v) is 4.14. The lowest BCUT2D eigenvalue weighted by Crippen LogP contribution is -2.44. The van der Waals surface area contributed by atoms with Crippen molar-refractivity contribution in [3.63, 3.8) is 0 Å². The Labute approximate surface area is 110 Å². The maximum Gasteiger partial charge on any atom is 0.345 e. The van der Waals surface area contributed by atoms with E-state index in [9.17, 15) is 14.0 Å². The quantitative estimate of drug-likeness (QED) is 0.786. The number of benzene rings is 1. The summed E-state index contributed by atoms with van der Waals surface area (Å²) < 4.78 is 19.7. The molecule has 2 bridgehead atoms. The van der Waals surface area contributed by atoms with Crippen molar-refractivity contribution in [1.82, 2.24) is 0 Å². The number of alkyl halides is 1. The lowest BCUT2D eigenvalue weighted by molar-refractivity contribution is -0.165. The molecule has 3 rings (SSSR count). The number of hydrogen-bond donors (Lipinski definition) is 0. The molecule has 2 aliphatic carbocycles. The number of fused-ring (bicyclic) bond motifs is 2. The fraction of sp³-hybridized carbons (Fsp3) is 0.467. The molecule has 0 aromatic heterocycles. The van der Waals surface area contributed by atoms with Crippen molar-refractivity contribution in [1.29, 1.82) is 0 Å². The zero-order chi connectivity index (χ0) is 13.5. The van der Waals surface area contributed by atoms with Gasteiger partial charge in [0.05, 0.1) is 5.92 Å². The van der Waals surface area contributed by atoms with Crippen LogP contribution in [-0.2, 0) is 20.9 Å². The Hall–Kier alpha value is -1.71. The fourth-order valence-corrected chi connectivity index (χ4v) is 3.20. The summed E-state index contributed by atoms with van der Waals surface area (Å²) >= 11 is 0. The summed E-state index contributed by atoms with van der Waals surface area (Å²) in [7, 11) is 0. The van der Waals surface area contributed by atoms with Crippen LogP contribution in [0.25, 0.3) is 0 Å². The van der Waals surface area contributed by atoms with E-state index < -0.39 is 17.6 Å². The molecule has 3 nitrogen and oxygen atoms in total. The van der Waals surface area contributed by atoms with Gasteiger partial charge >= 0.3 is 5.97 Å². The Morgan fingerprint density at radius 2 is 2.11 bits per heavy atom. The first-order valence-electron chi connectivity index (χ1n) is 6.52. The summed E-state index contributed by atoms with van der Waals surface area (Å²) in [6.45, 7) is 0.0525. The Morgan fingerprint density at radius 3 is 2.74 bits per heavy atom. The Kier molecular flexibility index (Phi) is 2.88. The first-order chi connectivity index (χ1) is 9.09. The zero-order valence-corrected chi connectivity index (χ0v) is 10.5. The van der Waals surface area contributed by atoms with E-state index in [1.807, 2.05) is 30.3 Å². The van der Waals surface area contributed by atoms with Gasteiger partial charge in [0.15, 0.2) is 0 Å². The van der Waals surface area contributed by atoms with Gasteiger partial charge in [0.2, 0.25) is 5.67 Å². The molecular formula is C15H15FO3. The van der Waals surface area contributed by atoms with Gasteiger partial charge in [-0.1, -0.05) is 30.3 Å². The summed E-state index contributed by atoms with van der Waals surface area (Å²) in [6.07, 6.45) is 1.05. The molecule has 2 saturated carbocycles. The highest BCUT2D eigenvalue weighted by molar-refractivity contribution is 5.94. The summed E-state index contributed by atoms with van der Waals surface area (Å²) in [6, 6.07) is 9.13. The number of esters is 1. The standard InChI is InChI=1S/C15H15FO3/c16-15(8-11-6-12(15)13(17)7-11)14(18)19-9-10-4-2-1-3-5-10/h1-5,11-12H,6-9H2/t11-,12+,15+/m1/s1. The minimum Gasteiger partial charge on any atom is -0.458 e. The highest BCUT2D eigenvalue weighted by atomic mass is 19.1. The van der Waals surface area contributed by atoms with E-state index in [-0.39, 0.29) is 24.7 Å². The molecule has 3 atom stereocenters. The Morgan fingerprint density at radius 1 is 1.37 bits per heavy atom. The fourth-order valence-electron chi connectivity index (χ4n) is 3.20. The minimum absolute atomic E-state index is 0.0202. The van der Waals surface area contributed by atoms with E-state index in [4.69, 9.17) is 4.74 Å². The second kappa shape index (κ2) is 4.44. The third-order valence-electron chi connectivity index (χ3n) is 4.14. The average Bonchev–Trinajstić information content (AvgIpc) is 2.93. The maximum absolute atomic E-state index is 14.7. The van der Waals surface area contributed by atoms with Crippen molar-refractivity contribution in [3.05, 3.63) is 35.9 Å². The van der Waals surface area contributed by atoms with E-state index in [2.05, 4.69) is 0 Å². The molecule has 4 heteroatoms. The molecule has 0 amide bonds. The van der Waals surface area contributed by atoms with Gasteiger partial charge in [-0.3, -0.25) is 4.79 Å². The normalized spacial score (nSPS) is 32.6. The number of rotatable bonds is 3. The van der Waals surface area contributed by atoms with Crippen molar-refractivity contribution < 1.29 is 18.7 Å². The summed E-state index contributed by atoms with van der Waals surface area (Å²) in [5.74, 6) is -1.76. The Balaban J connectivity index is 1.66. The number of carbonyl (C=O) groups excluding carboxylic acids is 2. The van der Waals surface area contributed by atoms with Gasteiger partial charge in [-0.2, -0.15) is 0 Å². The van der Waals surface area contributed by atoms with Crippen LogP contribution in [0.15, 0.2) is 30.3 Å². The summed E-state index contributed by atoms with van der Waals surface area (Å²) in [5, 5.41) is 0. The van der Waals surface area contributed by atoms with Crippen LogP contribution in [0.4, 0.5) is 4.39 Å². The minimum atomic E-state index is -2.09. The van der Waals surface area contributed by atoms with Crippen LogP contribution in [0.5, 0.6) is 0 Å². The number of hydrogen-bond acceptors (Lipinski definition) is 3. The van der Waals surface area contributed by atoms with Crippen LogP contribution >= 0.6 is 0 Å². The number of Topliss-reactive ketones (excluding diaryl/α,β-unsaturated/α-hetero) is 1. The van der Waals surface area contributed by atoms with Crippen molar-refractivity contribution in [3.8, 4) is 0 Å². The average molecular weight is 262 g/mol. The molecule has 0 heterocycles. The monoisotopic (exact) mass is 262 g/mol. The second-order valence-electron chi connectivity index (χ2n) is 5.45. The van der Waals surface area contributed by atoms with Crippen LogP contribution in [0, 0.1) is 11.8 Å². The molecule has 19 heavy (non-hydrogen) atoms. The van der Waals surface area contributed by atoms with Crippen LogP contribution in [0.2, 0.25) is 0 Å². The molecule has 2 fully saturated rings. The molecular weight excluding hydrogens is 247 g/mol. The number of ketones is 1. The maximum atomic E-state index is 14.7. The third kappa shape index (κ3) is 2.05. The van der Waals surface area contributed by atoms with Gasteiger partial charge in [-0.05, 0) is 24.3 Å². The molecule has 100 valence electrons. The number of halogens is 1. The van der Waals surface area contributed by atoms with E-state index in [1.54, 1.807) is 0 Å². The van der Waals surface area contributed by atoms with E-state index in [0.717, 1.165) is 5.56 Å². The van der Waals surface area contributed by atoms with Crippen LogP contribution in [0.3, 0.4) is 0 Å². The van der Waals surface area contributed by atoms with Crippen molar-refractivity contribution in [2.45, 2.75) is 31.5 Å². The van der Waals surface area contributed by atoms with Gasteiger partial charge in [-0.25, -0.2) is 9.18 Å². The second-order valence-corrected chi connectivity index (χ2v) is 5.45. The molecule has 1 aromatic rings. The lowest BCUT2D eigenvalue weighted by atomic mass is 9.85. The van der Waals surface area contributed by atoms with Crippen LogP contribution in [0.1, 0.15) is 24.8 Å². The smallest absolute Gasteiger partial charge is 0.345 e. The zero-order valence-electron chi connectivity index (χ0n) is 10.5. The van der Waals surface area contributed by atoms with Gasteiger partial charge in [0.1, 0.15) is 12.4 Å². The van der Waals surface area contributed by atoms with E-state index in [1.165, 1.54) is 0 Å². The molecule has 1 aromatic carbocycles. The largest absolute Gasteiger partial charge is 0.458 e. The highest BCUT2D eigenvalue weighted by Crippen LogP contribution is 2.51. The van der Waals surface area contributed by atoms with Gasteiger partial charge < -0.3 is 4.74 Å². The predicted molar refractivity (Wildman–Crippen MR) is 65.9 cm³/mol. The topological polar surface area (TPSA) is 43.4 Å². The van der Waals surface area contributed by atoms with Crippen molar-refractivity contribution in [2.75, 3.05) is 0 Å². The highest BCUT2D eigenvalue weighted by Gasteiger charge is 2.61. The summed E-state index contributed by atoms with van der Waals surface area (Å²) in [4.78, 5) is 23.5. The van der Waals surface area contributed by atoms with Gasteiger partial charge in [0.25, 0.3) is 0 Å². The Bertz CT molecular complexity index is 513. The first kappa shape index (κ1) is 12.3. The number of carbonyl (C=O) groups is 2. The van der Waals surface area contributed by atoms with Crippen molar-refractivity contribution >= 4 is 11.8 Å². The van der Waals surface area contributed by atoms with Gasteiger partial charge in [0, 0.05) is 6.42 Å². The van der Waals surface area contributed by atoms with Crippen LogP contribution < -0.4 is 0 Å². The molecule has 0 N–H and O–H groups in total. The van der Waals surface area contributed by atoms with Gasteiger partial charge in [-0.15, -0.1) is 0 Å². The summed E-state index contributed by atoms with van der Waals surface area (Å²) in [5.41, 5.74) is -1.27. The molecule has 2 aliphatic rings. The molecule has 0 aliphatic heterocycles. The van der Waals surface area contributed by atoms with Crippen LogP contribution in [-0.4, -0.2) is 17.4 Å². The predicted octanol–water partition coefficient (Wildman–Crippen LogP) is 2.44. The lowest BCUT2D eigenvalue weighted by Gasteiger charge is -2.26. The molecule has 0 saturated heterocycles. The molecule has 0 radical (unpaired) electrons.